The van der Waals surface area contributed by atoms with Gasteiger partial charge in [0.2, 0.25) is 0 Å². The van der Waals surface area contributed by atoms with Crippen molar-refractivity contribution in [1.29, 1.82) is 0 Å². The van der Waals surface area contributed by atoms with Gasteiger partial charge in [-0.2, -0.15) is 0 Å². The van der Waals surface area contributed by atoms with Crippen LogP contribution in [0.2, 0.25) is 0 Å². The molecule has 0 radical (unpaired) electrons. The van der Waals surface area contributed by atoms with Crippen molar-refractivity contribution in [3.8, 4) is 23.0 Å². The Kier molecular flexibility index (Phi) is 14.8. The van der Waals surface area contributed by atoms with Gasteiger partial charge in [0.25, 0.3) is 11.1 Å². The summed E-state index contributed by atoms with van der Waals surface area (Å²) in [7, 11) is 0. The third kappa shape index (κ3) is 11.5. The summed E-state index contributed by atoms with van der Waals surface area (Å²) < 4.78 is 26.6. The first-order chi connectivity index (χ1) is 32.3. The zero-order valence-electron chi connectivity index (χ0n) is 38.3. The van der Waals surface area contributed by atoms with Crippen LogP contribution in [-0.2, 0) is 26.2 Å². The van der Waals surface area contributed by atoms with E-state index in [1.165, 1.54) is 12.4 Å². The van der Waals surface area contributed by atoms with Crippen molar-refractivity contribution >= 4 is 22.1 Å². The Morgan fingerprint density at radius 3 is 1.35 bits per heavy atom. The van der Waals surface area contributed by atoms with E-state index < -0.39 is 0 Å². The summed E-state index contributed by atoms with van der Waals surface area (Å²) in [6.07, 6.45) is 12.5. The van der Waals surface area contributed by atoms with Gasteiger partial charge in [-0.25, -0.2) is 9.97 Å². The van der Waals surface area contributed by atoms with Gasteiger partial charge < -0.3 is 48.5 Å². The molecule has 4 aromatic heterocycles. The second-order valence-corrected chi connectivity index (χ2v) is 17.8. The molecule has 4 aliphatic rings. The number of rotatable bonds is 12. The summed E-state index contributed by atoms with van der Waals surface area (Å²) in [5.74, 6) is 3.06. The van der Waals surface area contributed by atoms with Gasteiger partial charge in [-0.3, -0.25) is 19.6 Å². The predicted molar refractivity (Wildman–Crippen MR) is 254 cm³/mol. The van der Waals surface area contributed by atoms with E-state index in [1.807, 2.05) is 71.5 Å². The van der Waals surface area contributed by atoms with Gasteiger partial charge in [-0.15, -0.1) is 0 Å². The number of ether oxygens (including phenoxy) is 4. The Morgan fingerprint density at radius 2 is 0.924 bits per heavy atom. The maximum absolute atomic E-state index is 12.4. The van der Waals surface area contributed by atoms with Crippen LogP contribution in [0.4, 0.5) is 0 Å². The van der Waals surface area contributed by atoms with Crippen LogP contribution in [0.25, 0.3) is 22.1 Å². The number of fused-ring (bicyclic) bond motifs is 4. The number of nitrogens with one attached hydrogen (secondary N) is 2. The Labute approximate surface area is 385 Å². The van der Waals surface area contributed by atoms with E-state index in [2.05, 4.69) is 40.4 Å². The van der Waals surface area contributed by atoms with Crippen LogP contribution < -0.4 is 40.7 Å². The van der Waals surface area contributed by atoms with Gasteiger partial charge in [0.15, 0.2) is 23.0 Å². The zero-order chi connectivity index (χ0) is 45.2. The van der Waals surface area contributed by atoms with Crippen molar-refractivity contribution in [2.24, 2.45) is 0 Å². The second-order valence-electron chi connectivity index (χ2n) is 17.8. The van der Waals surface area contributed by atoms with Gasteiger partial charge in [0.05, 0.1) is 84.7 Å². The molecule has 0 spiro atoms. The Balaban J connectivity index is 0.000000166. The van der Waals surface area contributed by atoms with Crippen LogP contribution in [-0.4, -0.2) is 117 Å². The van der Waals surface area contributed by atoms with Crippen LogP contribution in [0.1, 0.15) is 61.0 Å². The lowest BCUT2D eigenvalue weighted by molar-refractivity contribution is 0.191. The number of nitrogens with zero attached hydrogens (tertiary/aromatic N) is 8. The molecule has 8 heterocycles. The molecule has 16 nitrogen and oxygen atoms in total. The SMILES string of the molecule is Cc1ccc2ncc(=O)n(CCN3CCC(NCc4cc5c(cn4)OCCCO5)CC3)c2c1.Cc1ccc2ncc(=O)n(CCN3CCC(NCc4cc5c(cn4)OCCCO5)CC3)c2c1. The average Bonchev–Trinajstić information content (AvgIpc) is 3.73. The molecule has 2 saturated heterocycles. The number of piperidine rings is 2. The maximum Gasteiger partial charge on any atom is 0.269 e. The molecule has 348 valence electrons. The molecular weight excluding hydrogens is 837 g/mol. The third-order valence-electron chi connectivity index (χ3n) is 13.0. The van der Waals surface area contributed by atoms with E-state index in [1.54, 1.807) is 12.4 Å². The average molecular weight is 899 g/mol. The van der Waals surface area contributed by atoms with Gasteiger partial charge >= 0.3 is 0 Å². The highest BCUT2D eigenvalue weighted by Crippen LogP contribution is 2.30. The summed E-state index contributed by atoms with van der Waals surface area (Å²) in [4.78, 5) is 47.4. The summed E-state index contributed by atoms with van der Waals surface area (Å²) >= 11 is 0. The van der Waals surface area contributed by atoms with E-state index >= 15 is 0 Å². The summed E-state index contributed by atoms with van der Waals surface area (Å²) in [6, 6.07) is 17.0. The van der Waals surface area contributed by atoms with Gasteiger partial charge in [-0.05, 0) is 101 Å². The molecule has 0 unspecified atom stereocenters. The standard InChI is InChI=1S/2C25H31N5O3/c2*1-18-3-4-21-22(13-18)30(25(31)17-28-21)10-9-29-7-5-19(6-8-29)26-15-20-14-23-24(16-27-20)33-12-2-11-32-23/h2*3-4,13-14,16-17,19,26H,2,5-12,15H2,1H3. The minimum Gasteiger partial charge on any atom is -0.489 e. The minimum atomic E-state index is -0.0349. The van der Waals surface area contributed by atoms with Crippen molar-refractivity contribution < 1.29 is 18.9 Å². The van der Waals surface area contributed by atoms with E-state index in [-0.39, 0.29) is 11.1 Å². The molecule has 0 aliphatic carbocycles. The highest BCUT2D eigenvalue weighted by Gasteiger charge is 2.22. The highest BCUT2D eigenvalue weighted by atomic mass is 16.5. The van der Waals surface area contributed by atoms with Crippen LogP contribution in [0.3, 0.4) is 0 Å². The molecule has 2 N–H and O–H groups in total. The molecule has 0 atom stereocenters. The van der Waals surface area contributed by atoms with Crippen LogP contribution in [0, 0.1) is 13.8 Å². The minimum absolute atomic E-state index is 0.0349. The number of hydrogen-bond donors (Lipinski definition) is 2. The molecule has 66 heavy (non-hydrogen) atoms. The molecule has 2 aromatic carbocycles. The molecule has 10 rings (SSSR count). The predicted octanol–water partition coefficient (Wildman–Crippen LogP) is 5.03. The molecule has 16 heteroatoms. The molecule has 0 saturated carbocycles. The molecule has 6 aromatic rings. The molecule has 0 bridgehead atoms. The second kappa shape index (κ2) is 21.6. The normalized spacial score (nSPS) is 17.2. The molecule has 0 amide bonds. The van der Waals surface area contributed by atoms with Crippen molar-refractivity contribution in [1.82, 2.24) is 49.5 Å². The largest absolute Gasteiger partial charge is 0.489 e. The van der Waals surface area contributed by atoms with E-state index in [0.717, 1.165) is 158 Å². The number of aromatic nitrogens is 6. The molecule has 2 fully saturated rings. The summed E-state index contributed by atoms with van der Waals surface area (Å²) in [5.41, 5.74) is 7.72. The molecule has 4 aliphatic heterocycles. The summed E-state index contributed by atoms with van der Waals surface area (Å²) in [6.45, 7) is 15.4. The van der Waals surface area contributed by atoms with Crippen LogP contribution in [0.15, 0.2) is 82.9 Å². The first-order valence-electron chi connectivity index (χ1n) is 23.6. The van der Waals surface area contributed by atoms with E-state index in [0.29, 0.717) is 51.6 Å². The number of likely N-dealkylation sites (tertiary alicyclic amines) is 2. The third-order valence-corrected chi connectivity index (χ3v) is 13.0. The van der Waals surface area contributed by atoms with Gasteiger partial charge in [0, 0.05) is 76.3 Å². The number of hydrogen-bond acceptors (Lipinski definition) is 14. The number of aryl methyl sites for hydroxylation is 2. The maximum atomic E-state index is 12.4. The lowest BCUT2D eigenvalue weighted by Gasteiger charge is -2.32. The fraction of sp³-hybridized carbons (Fsp3) is 0.480. The fourth-order valence-electron chi connectivity index (χ4n) is 9.12. The van der Waals surface area contributed by atoms with Gasteiger partial charge in [-0.1, -0.05) is 12.1 Å². The summed E-state index contributed by atoms with van der Waals surface area (Å²) in [5, 5.41) is 7.29. The van der Waals surface area contributed by atoms with Crippen LogP contribution >= 0.6 is 0 Å². The smallest absolute Gasteiger partial charge is 0.269 e. The Morgan fingerprint density at radius 1 is 0.515 bits per heavy atom. The quantitative estimate of drug-likeness (QED) is 0.168. The van der Waals surface area contributed by atoms with Crippen molar-refractivity contribution in [2.45, 2.75) is 90.6 Å². The Bertz CT molecular complexity index is 2530. The van der Waals surface area contributed by atoms with Crippen molar-refractivity contribution in [3.05, 3.63) is 117 Å². The first-order valence-corrected chi connectivity index (χ1v) is 23.6. The highest BCUT2D eigenvalue weighted by molar-refractivity contribution is 5.76. The topological polar surface area (TPSA) is 163 Å². The first kappa shape index (κ1) is 45.2. The fourth-order valence-corrected chi connectivity index (χ4v) is 9.12. The zero-order valence-corrected chi connectivity index (χ0v) is 38.3. The number of benzene rings is 2. The Hall–Kier alpha value is -5.94. The van der Waals surface area contributed by atoms with Crippen molar-refractivity contribution in [2.75, 3.05) is 65.7 Å². The lowest BCUT2D eigenvalue weighted by Crippen LogP contribution is -2.43. The van der Waals surface area contributed by atoms with Gasteiger partial charge in [0.1, 0.15) is 0 Å². The lowest BCUT2D eigenvalue weighted by atomic mass is 10.0. The van der Waals surface area contributed by atoms with E-state index in [4.69, 9.17) is 18.9 Å². The van der Waals surface area contributed by atoms with E-state index in [9.17, 15) is 9.59 Å². The van der Waals surface area contributed by atoms with Crippen molar-refractivity contribution in [3.63, 3.8) is 0 Å². The number of pyridine rings is 2. The molecular formula is C50H62N10O6. The monoisotopic (exact) mass is 898 g/mol. The van der Waals surface area contributed by atoms with Crippen LogP contribution in [0.5, 0.6) is 23.0 Å².